The molecule has 1 amide bonds. The molecule has 6 rings (SSSR count). The molecule has 4 aliphatic rings. The van der Waals surface area contributed by atoms with Gasteiger partial charge in [-0.3, -0.25) is 14.7 Å². The average Bonchev–Trinajstić information content (AvgIpc) is 3.30. The first-order valence-corrected chi connectivity index (χ1v) is 13.2. The van der Waals surface area contributed by atoms with Crippen molar-refractivity contribution < 1.29 is 14.3 Å². The summed E-state index contributed by atoms with van der Waals surface area (Å²) in [6.07, 6.45) is 2.71. The minimum absolute atomic E-state index is 0.0592. The fourth-order valence-corrected chi connectivity index (χ4v) is 5.95. The monoisotopic (exact) mass is 502 g/mol. The molecule has 3 fully saturated rings. The summed E-state index contributed by atoms with van der Waals surface area (Å²) in [5.74, 6) is 7.32. The number of pyridine rings is 2. The van der Waals surface area contributed by atoms with Crippen molar-refractivity contribution in [3.8, 4) is 17.6 Å². The highest BCUT2D eigenvalue weighted by Crippen LogP contribution is 2.44. The maximum Gasteiger partial charge on any atom is 0.298 e. The lowest BCUT2D eigenvalue weighted by Crippen LogP contribution is -2.52. The number of likely N-dealkylation sites (tertiary alicyclic amines) is 2. The number of carbonyl (C=O) groups excluding carboxylic acids is 1. The van der Waals surface area contributed by atoms with Crippen molar-refractivity contribution in [2.24, 2.45) is 0 Å². The van der Waals surface area contributed by atoms with Crippen LogP contribution in [-0.2, 0) is 9.53 Å². The Balaban J connectivity index is 1.19. The highest BCUT2D eigenvalue weighted by Gasteiger charge is 2.39. The third-order valence-electron chi connectivity index (χ3n) is 7.96. The number of hydrogen-bond acceptors (Lipinski definition) is 8. The zero-order valence-corrected chi connectivity index (χ0v) is 21.8. The van der Waals surface area contributed by atoms with E-state index in [1.54, 1.807) is 6.92 Å². The highest BCUT2D eigenvalue weighted by atomic mass is 16.5. The number of rotatable bonds is 3. The van der Waals surface area contributed by atoms with E-state index in [0.717, 1.165) is 98.8 Å². The molecule has 194 valence electrons. The van der Waals surface area contributed by atoms with Gasteiger partial charge in [0.25, 0.3) is 5.91 Å². The van der Waals surface area contributed by atoms with Crippen LogP contribution < -0.4 is 15.0 Å². The van der Waals surface area contributed by atoms with Crippen molar-refractivity contribution in [3.05, 3.63) is 35.3 Å². The lowest BCUT2D eigenvalue weighted by molar-refractivity contribution is -0.124. The number of aryl methyl sites for hydroxylation is 1. The summed E-state index contributed by atoms with van der Waals surface area (Å²) in [7, 11) is 0. The summed E-state index contributed by atoms with van der Waals surface area (Å²) in [4.78, 5) is 28.5. The number of nitrogens with one attached hydrogen (secondary N) is 1. The van der Waals surface area contributed by atoms with Gasteiger partial charge in [0, 0.05) is 68.8 Å². The van der Waals surface area contributed by atoms with Crippen LogP contribution in [0.2, 0.25) is 0 Å². The Morgan fingerprint density at radius 3 is 2.78 bits per heavy atom. The summed E-state index contributed by atoms with van der Waals surface area (Å²) in [6, 6.07) is 4.61. The molecule has 0 radical (unpaired) electrons. The van der Waals surface area contributed by atoms with Crippen molar-refractivity contribution >= 4 is 23.1 Å². The number of carbonyl (C=O) groups is 1. The normalized spacial score (nSPS) is 23.5. The molecule has 2 atom stereocenters. The van der Waals surface area contributed by atoms with Gasteiger partial charge in [-0.2, -0.15) is 0 Å². The van der Waals surface area contributed by atoms with Crippen LogP contribution in [0.4, 0.5) is 17.2 Å². The Labute approximate surface area is 218 Å². The lowest BCUT2D eigenvalue weighted by Gasteiger charge is -2.43. The van der Waals surface area contributed by atoms with Gasteiger partial charge in [0.1, 0.15) is 11.9 Å². The SMILES string of the molecule is CC#CC(=O)N1CC[C@H](N2CC(c3cc4c(c(C)n3)O[C@H](C)c3c(N5CCOCC5)ccnc3N4)C2)C1. The first-order valence-electron chi connectivity index (χ1n) is 13.2. The van der Waals surface area contributed by atoms with E-state index >= 15 is 0 Å². The van der Waals surface area contributed by atoms with Crippen LogP contribution in [0.15, 0.2) is 18.3 Å². The van der Waals surface area contributed by atoms with Crippen molar-refractivity contribution in [1.29, 1.82) is 0 Å². The Morgan fingerprint density at radius 2 is 2.00 bits per heavy atom. The summed E-state index contributed by atoms with van der Waals surface area (Å²) in [6.45, 7) is 12.4. The van der Waals surface area contributed by atoms with E-state index in [1.165, 1.54) is 0 Å². The topological polar surface area (TPSA) is 83.1 Å². The third kappa shape index (κ3) is 4.49. The van der Waals surface area contributed by atoms with Gasteiger partial charge in [-0.25, -0.2) is 4.98 Å². The predicted molar refractivity (Wildman–Crippen MR) is 141 cm³/mol. The molecule has 0 unspecified atom stereocenters. The molecule has 4 aliphatic heterocycles. The zero-order valence-electron chi connectivity index (χ0n) is 21.8. The van der Waals surface area contributed by atoms with Crippen LogP contribution in [0.3, 0.4) is 0 Å². The van der Waals surface area contributed by atoms with Crippen LogP contribution in [0, 0.1) is 18.8 Å². The van der Waals surface area contributed by atoms with Gasteiger partial charge < -0.3 is 24.6 Å². The number of amides is 1. The number of anilines is 3. The number of ether oxygens (including phenoxy) is 2. The predicted octanol–water partition coefficient (Wildman–Crippen LogP) is 2.84. The van der Waals surface area contributed by atoms with Crippen LogP contribution in [0.25, 0.3) is 0 Å². The molecule has 0 saturated carbocycles. The molecule has 9 heteroatoms. The van der Waals surface area contributed by atoms with E-state index in [2.05, 4.69) is 46.0 Å². The highest BCUT2D eigenvalue weighted by molar-refractivity contribution is 5.93. The van der Waals surface area contributed by atoms with E-state index in [0.29, 0.717) is 12.0 Å². The summed E-state index contributed by atoms with van der Waals surface area (Å²) >= 11 is 0. The standard InChI is InChI=1S/C28H34N6O3/c1-4-5-25(35)33-9-7-21(17-33)34-15-20(16-34)22-14-23-27(18(2)30-22)37-19(3)26-24(6-8-29-28(26)31-23)32-10-12-36-13-11-32/h6,8,14,19-21H,7,9-13,15-17H2,1-3H3,(H,29,31)/t19-,21+/m1/s1. The lowest BCUT2D eigenvalue weighted by atomic mass is 9.92. The van der Waals surface area contributed by atoms with Gasteiger partial charge in [-0.05, 0) is 45.2 Å². The quantitative estimate of drug-likeness (QED) is 0.642. The molecule has 2 aromatic rings. The molecular formula is C28H34N6O3. The van der Waals surface area contributed by atoms with Crippen LogP contribution in [0.1, 0.15) is 49.2 Å². The maximum atomic E-state index is 12.1. The van der Waals surface area contributed by atoms with E-state index in [9.17, 15) is 4.79 Å². The Hall–Kier alpha value is -3.35. The van der Waals surface area contributed by atoms with E-state index < -0.39 is 0 Å². The molecule has 0 aliphatic carbocycles. The van der Waals surface area contributed by atoms with E-state index in [1.807, 2.05) is 18.0 Å². The fraction of sp³-hybridized carbons (Fsp3) is 0.536. The summed E-state index contributed by atoms with van der Waals surface area (Å²) < 4.78 is 12.1. The van der Waals surface area contributed by atoms with E-state index in [-0.39, 0.29) is 12.0 Å². The van der Waals surface area contributed by atoms with E-state index in [4.69, 9.17) is 19.4 Å². The number of nitrogens with zero attached hydrogens (tertiary/aromatic N) is 5. The van der Waals surface area contributed by atoms with Gasteiger partial charge in [-0.1, -0.05) is 5.92 Å². The molecule has 9 nitrogen and oxygen atoms in total. The van der Waals surface area contributed by atoms with Gasteiger partial charge in [0.05, 0.1) is 30.2 Å². The van der Waals surface area contributed by atoms with Crippen molar-refractivity contribution in [2.75, 3.05) is 62.7 Å². The largest absolute Gasteiger partial charge is 0.482 e. The first-order chi connectivity index (χ1) is 18.0. The minimum Gasteiger partial charge on any atom is -0.482 e. The molecule has 37 heavy (non-hydrogen) atoms. The number of fused-ring (bicyclic) bond motifs is 2. The Kier molecular flexibility index (Phi) is 6.39. The van der Waals surface area contributed by atoms with Gasteiger partial charge in [0.2, 0.25) is 0 Å². The average molecular weight is 503 g/mol. The van der Waals surface area contributed by atoms with Crippen LogP contribution in [0.5, 0.6) is 5.75 Å². The van der Waals surface area contributed by atoms with Crippen LogP contribution >= 0.6 is 0 Å². The second-order valence-corrected chi connectivity index (χ2v) is 10.3. The van der Waals surface area contributed by atoms with Gasteiger partial charge in [-0.15, -0.1) is 0 Å². The number of hydrogen-bond donors (Lipinski definition) is 1. The third-order valence-corrected chi connectivity index (χ3v) is 7.96. The van der Waals surface area contributed by atoms with Gasteiger partial charge >= 0.3 is 0 Å². The Morgan fingerprint density at radius 1 is 1.19 bits per heavy atom. The van der Waals surface area contributed by atoms with Crippen LogP contribution in [-0.4, -0.2) is 84.2 Å². The molecule has 0 bridgehead atoms. The first kappa shape index (κ1) is 24.0. The summed E-state index contributed by atoms with van der Waals surface area (Å²) in [5.41, 5.74) is 5.11. The van der Waals surface area contributed by atoms with Crippen molar-refractivity contribution in [2.45, 2.75) is 45.3 Å². The molecule has 1 N–H and O–H groups in total. The summed E-state index contributed by atoms with van der Waals surface area (Å²) in [5, 5.41) is 3.59. The molecule has 0 spiro atoms. The molecular weight excluding hydrogens is 468 g/mol. The minimum atomic E-state index is -0.161. The number of morpholine rings is 1. The zero-order chi connectivity index (χ0) is 25.5. The second kappa shape index (κ2) is 9.84. The van der Waals surface area contributed by atoms with Gasteiger partial charge in [0.15, 0.2) is 5.75 Å². The second-order valence-electron chi connectivity index (χ2n) is 10.3. The molecule has 3 saturated heterocycles. The number of aromatic nitrogens is 2. The molecule has 6 heterocycles. The molecule has 2 aromatic heterocycles. The maximum absolute atomic E-state index is 12.1. The smallest absolute Gasteiger partial charge is 0.298 e. The Bertz CT molecular complexity index is 1260. The fourth-order valence-electron chi connectivity index (χ4n) is 5.95. The molecule has 0 aromatic carbocycles. The van der Waals surface area contributed by atoms with Crippen molar-refractivity contribution in [3.63, 3.8) is 0 Å². The van der Waals surface area contributed by atoms with Crippen molar-refractivity contribution in [1.82, 2.24) is 19.8 Å².